The lowest BCUT2D eigenvalue weighted by Crippen LogP contribution is -2.07. The molecular formula is C15H19NO2. The van der Waals surface area contributed by atoms with Gasteiger partial charge in [0.2, 0.25) is 0 Å². The Bertz CT molecular complexity index is 491. The summed E-state index contributed by atoms with van der Waals surface area (Å²) in [7, 11) is 1.90. The first-order chi connectivity index (χ1) is 8.85. The summed E-state index contributed by atoms with van der Waals surface area (Å²) in [6.45, 7) is 3.40. The monoisotopic (exact) mass is 245 g/mol. The van der Waals surface area contributed by atoms with Gasteiger partial charge < -0.3 is 14.5 Å². The van der Waals surface area contributed by atoms with Gasteiger partial charge in [0.15, 0.2) is 0 Å². The van der Waals surface area contributed by atoms with Gasteiger partial charge in [0, 0.05) is 5.56 Å². The second kappa shape index (κ2) is 6.26. The molecule has 1 heterocycles. The van der Waals surface area contributed by atoms with E-state index < -0.39 is 0 Å². The summed E-state index contributed by atoms with van der Waals surface area (Å²) in [5.74, 6) is 1.89. The maximum absolute atomic E-state index is 5.87. The fraction of sp³-hybridized carbons (Fsp3) is 0.333. The zero-order valence-electron chi connectivity index (χ0n) is 10.9. The van der Waals surface area contributed by atoms with E-state index in [9.17, 15) is 0 Å². The van der Waals surface area contributed by atoms with Crippen LogP contribution < -0.4 is 10.1 Å². The van der Waals surface area contributed by atoms with E-state index in [0.717, 1.165) is 30.0 Å². The van der Waals surface area contributed by atoms with Gasteiger partial charge in [0.1, 0.15) is 18.1 Å². The predicted molar refractivity (Wildman–Crippen MR) is 71.6 cm³/mol. The standard InChI is InChI=1S/C15H19NO2/c1-3-12-6-4-5-7-14(12)18-11-13-8-9-17-15(13)10-16-2/h4-9,16H,3,10-11H2,1-2H3. The van der Waals surface area contributed by atoms with Crippen LogP contribution in [-0.4, -0.2) is 7.05 Å². The fourth-order valence-corrected chi connectivity index (χ4v) is 1.90. The Morgan fingerprint density at radius 3 is 2.78 bits per heavy atom. The Kier molecular flexibility index (Phi) is 4.42. The van der Waals surface area contributed by atoms with E-state index in [1.165, 1.54) is 5.56 Å². The minimum atomic E-state index is 0.546. The van der Waals surface area contributed by atoms with Crippen LogP contribution in [-0.2, 0) is 19.6 Å². The maximum atomic E-state index is 5.87. The molecule has 0 atom stereocenters. The van der Waals surface area contributed by atoms with Crippen LogP contribution in [0, 0.1) is 0 Å². The molecule has 0 aliphatic heterocycles. The fourth-order valence-electron chi connectivity index (χ4n) is 1.90. The van der Waals surface area contributed by atoms with Crippen LogP contribution in [0.5, 0.6) is 5.75 Å². The van der Waals surface area contributed by atoms with Crippen molar-refractivity contribution in [2.24, 2.45) is 0 Å². The molecule has 0 amide bonds. The lowest BCUT2D eigenvalue weighted by atomic mass is 10.1. The zero-order chi connectivity index (χ0) is 12.8. The Balaban J connectivity index is 2.04. The number of benzene rings is 1. The van der Waals surface area contributed by atoms with Crippen molar-refractivity contribution in [2.45, 2.75) is 26.5 Å². The number of ether oxygens (including phenoxy) is 1. The molecule has 1 aromatic carbocycles. The SMILES string of the molecule is CCc1ccccc1OCc1ccoc1CNC. The normalized spacial score (nSPS) is 10.6. The van der Waals surface area contributed by atoms with Crippen molar-refractivity contribution in [1.82, 2.24) is 5.32 Å². The largest absolute Gasteiger partial charge is 0.488 e. The van der Waals surface area contributed by atoms with Crippen molar-refractivity contribution in [3.8, 4) is 5.75 Å². The summed E-state index contributed by atoms with van der Waals surface area (Å²) >= 11 is 0. The van der Waals surface area contributed by atoms with Crippen LogP contribution in [0.3, 0.4) is 0 Å². The molecular weight excluding hydrogens is 226 g/mol. The topological polar surface area (TPSA) is 34.4 Å². The smallest absolute Gasteiger partial charge is 0.124 e. The quantitative estimate of drug-likeness (QED) is 0.849. The van der Waals surface area contributed by atoms with Crippen LogP contribution in [0.4, 0.5) is 0 Å². The lowest BCUT2D eigenvalue weighted by Gasteiger charge is -2.10. The summed E-state index contributed by atoms with van der Waals surface area (Å²) < 4.78 is 11.3. The van der Waals surface area contributed by atoms with Crippen LogP contribution in [0.25, 0.3) is 0 Å². The maximum Gasteiger partial charge on any atom is 0.124 e. The minimum Gasteiger partial charge on any atom is -0.488 e. The van der Waals surface area contributed by atoms with Gasteiger partial charge in [0.25, 0.3) is 0 Å². The zero-order valence-corrected chi connectivity index (χ0v) is 10.9. The van der Waals surface area contributed by atoms with Crippen LogP contribution >= 0.6 is 0 Å². The van der Waals surface area contributed by atoms with Crippen LogP contribution in [0.15, 0.2) is 41.0 Å². The molecule has 0 saturated carbocycles. The van der Waals surface area contributed by atoms with Gasteiger partial charge in [-0.3, -0.25) is 0 Å². The summed E-state index contributed by atoms with van der Waals surface area (Å²) in [5, 5.41) is 3.08. The third-order valence-corrected chi connectivity index (χ3v) is 2.91. The van der Waals surface area contributed by atoms with Gasteiger partial charge in [-0.2, -0.15) is 0 Å². The highest BCUT2D eigenvalue weighted by Gasteiger charge is 2.07. The first-order valence-corrected chi connectivity index (χ1v) is 6.25. The highest BCUT2D eigenvalue weighted by Crippen LogP contribution is 2.21. The molecule has 2 aromatic rings. The van der Waals surface area contributed by atoms with Crippen molar-refractivity contribution >= 4 is 0 Å². The van der Waals surface area contributed by atoms with E-state index >= 15 is 0 Å². The van der Waals surface area contributed by atoms with Gasteiger partial charge in [-0.1, -0.05) is 25.1 Å². The molecule has 18 heavy (non-hydrogen) atoms. The number of rotatable bonds is 6. The van der Waals surface area contributed by atoms with Crippen LogP contribution in [0.1, 0.15) is 23.8 Å². The average molecular weight is 245 g/mol. The molecule has 3 heteroatoms. The number of hydrogen-bond acceptors (Lipinski definition) is 3. The van der Waals surface area contributed by atoms with Crippen molar-refractivity contribution in [1.29, 1.82) is 0 Å². The molecule has 0 aliphatic carbocycles. The highest BCUT2D eigenvalue weighted by atomic mass is 16.5. The third-order valence-electron chi connectivity index (χ3n) is 2.91. The Hall–Kier alpha value is -1.74. The van der Waals surface area contributed by atoms with Gasteiger partial charge in [0.05, 0.1) is 12.8 Å². The second-order valence-corrected chi connectivity index (χ2v) is 4.15. The Morgan fingerprint density at radius 2 is 2.00 bits per heavy atom. The van der Waals surface area contributed by atoms with Crippen LogP contribution in [0.2, 0.25) is 0 Å². The molecule has 0 fully saturated rings. The van der Waals surface area contributed by atoms with Crippen molar-refractivity contribution in [2.75, 3.05) is 7.05 Å². The Labute approximate surface area is 108 Å². The summed E-state index contributed by atoms with van der Waals surface area (Å²) in [6, 6.07) is 10.1. The third kappa shape index (κ3) is 2.93. The van der Waals surface area contributed by atoms with Gasteiger partial charge in [-0.25, -0.2) is 0 Å². The first kappa shape index (κ1) is 12.7. The molecule has 0 bridgehead atoms. The first-order valence-electron chi connectivity index (χ1n) is 6.25. The van der Waals surface area contributed by atoms with E-state index in [2.05, 4.69) is 18.3 Å². The molecule has 0 radical (unpaired) electrons. The van der Waals surface area contributed by atoms with E-state index in [1.54, 1.807) is 6.26 Å². The molecule has 1 N–H and O–H groups in total. The average Bonchev–Trinajstić information content (AvgIpc) is 2.84. The molecule has 2 rings (SSSR count). The Morgan fingerprint density at radius 1 is 1.17 bits per heavy atom. The second-order valence-electron chi connectivity index (χ2n) is 4.15. The van der Waals surface area contributed by atoms with E-state index in [-0.39, 0.29) is 0 Å². The van der Waals surface area contributed by atoms with E-state index in [1.807, 2.05) is 31.3 Å². The minimum absolute atomic E-state index is 0.546. The summed E-state index contributed by atoms with van der Waals surface area (Å²) in [6.07, 6.45) is 2.68. The van der Waals surface area contributed by atoms with E-state index in [4.69, 9.17) is 9.15 Å². The molecule has 3 nitrogen and oxygen atoms in total. The van der Waals surface area contributed by atoms with Gasteiger partial charge in [-0.05, 0) is 31.2 Å². The number of nitrogens with one attached hydrogen (secondary N) is 1. The molecule has 0 saturated heterocycles. The van der Waals surface area contributed by atoms with Gasteiger partial charge >= 0.3 is 0 Å². The summed E-state index contributed by atoms with van der Waals surface area (Å²) in [5.41, 5.74) is 2.33. The predicted octanol–water partition coefficient (Wildman–Crippen LogP) is 3.14. The van der Waals surface area contributed by atoms with E-state index in [0.29, 0.717) is 6.61 Å². The van der Waals surface area contributed by atoms with Crippen molar-refractivity contribution < 1.29 is 9.15 Å². The number of aryl methyl sites for hydroxylation is 1. The molecule has 1 aromatic heterocycles. The highest BCUT2D eigenvalue weighted by molar-refractivity contribution is 5.33. The lowest BCUT2D eigenvalue weighted by molar-refractivity contribution is 0.298. The molecule has 96 valence electrons. The molecule has 0 unspecified atom stereocenters. The molecule has 0 spiro atoms. The number of hydrogen-bond donors (Lipinski definition) is 1. The van der Waals surface area contributed by atoms with Crippen molar-refractivity contribution in [3.63, 3.8) is 0 Å². The number of para-hydroxylation sites is 1. The van der Waals surface area contributed by atoms with Gasteiger partial charge in [-0.15, -0.1) is 0 Å². The number of furan rings is 1. The summed E-state index contributed by atoms with van der Waals surface area (Å²) in [4.78, 5) is 0. The molecule has 0 aliphatic rings. The van der Waals surface area contributed by atoms with Crippen molar-refractivity contribution in [3.05, 3.63) is 53.5 Å².